The topological polar surface area (TPSA) is 105 Å². The summed E-state index contributed by atoms with van der Waals surface area (Å²) in [6.45, 7) is 2.77. The van der Waals surface area contributed by atoms with Crippen molar-refractivity contribution in [1.29, 1.82) is 0 Å². The zero-order valence-electron chi connectivity index (χ0n) is 19.4. The summed E-state index contributed by atoms with van der Waals surface area (Å²) in [6, 6.07) is 2.53. The molecular formula is C24H27F2N7O2. The van der Waals surface area contributed by atoms with Gasteiger partial charge in [0.05, 0.1) is 5.69 Å². The standard InChI is InChI=1S/C24H27F2N7O2/c1-14(34)29-21(12-15-5-6-18(25)19(26)11-15)22(35)30-16-7-9-32(10-8-16)23-17-3-2-4-20(17)31-24-27-13-28-33(23)24/h5-6,11,13,16,21H,2-4,7-10,12H2,1H3,(H,29,34)(H,30,35)/t21-/m1/s1. The number of anilines is 1. The predicted octanol–water partition coefficient (Wildman–Crippen LogP) is 1.72. The Morgan fingerprint density at radius 2 is 1.97 bits per heavy atom. The van der Waals surface area contributed by atoms with Crippen LogP contribution in [0.3, 0.4) is 0 Å². The lowest BCUT2D eigenvalue weighted by molar-refractivity contribution is -0.128. The number of nitrogens with zero attached hydrogens (tertiary/aromatic N) is 5. The maximum Gasteiger partial charge on any atom is 0.254 e. The number of carbonyl (C=O) groups is 2. The highest BCUT2D eigenvalue weighted by molar-refractivity contribution is 5.87. The molecule has 11 heteroatoms. The lowest BCUT2D eigenvalue weighted by atomic mass is 10.0. The second-order valence-corrected chi connectivity index (χ2v) is 9.16. The zero-order valence-corrected chi connectivity index (χ0v) is 19.4. The van der Waals surface area contributed by atoms with Crippen LogP contribution in [0.4, 0.5) is 14.6 Å². The average Bonchev–Trinajstić information content (AvgIpc) is 3.49. The fraction of sp³-hybridized carbons (Fsp3) is 0.458. The summed E-state index contributed by atoms with van der Waals surface area (Å²) in [5, 5.41) is 10.0. The van der Waals surface area contributed by atoms with Gasteiger partial charge in [-0.05, 0) is 49.8 Å². The van der Waals surface area contributed by atoms with Crippen LogP contribution in [0.2, 0.25) is 0 Å². The molecule has 2 amide bonds. The van der Waals surface area contributed by atoms with Gasteiger partial charge >= 0.3 is 0 Å². The Morgan fingerprint density at radius 1 is 1.17 bits per heavy atom. The summed E-state index contributed by atoms with van der Waals surface area (Å²) in [5.41, 5.74) is 2.74. The van der Waals surface area contributed by atoms with Crippen LogP contribution in [0, 0.1) is 11.6 Å². The number of hydrogen-bond acceptors (Lipinski definition) is 6. The molecule has 1 saturated heterocycles. The van der Waals surface area contributed by atoms with Gasteiger partial charge in [0.2, 0.25) is 11.8 Å². The Morgan fingerprint density at radius 3 is 2.71 bits per heavy atom. The number of aryl methyl sites for hydroxylation is 1. The number of nitrogens with one attached hydrogen (secondary N) is 2. The minimum absolute atomic E-state index is 0.0644. The monoisotopic (exact) mass is 483 g/mol. The molecule has 0 unspecified atom stereocenters. The largest absolute Gasteiger partial charge is 0.356 e. The third-order valence-electron chi connectivity index (χ3n) is 6.68. The number of carbonyl (C=O) groups excluding carboxylic acids is 2. The van der Waals surface area contributed by atoms with Crippen molar-refractivity contribution >= 4 is 23.4 Å². The number of piperidine rings is 1. The summed E-state index contributed by atoms with van der Waals surface area (Å²) in [7, 11) is 0. The van der Waals surface area contributed by atoms with Crippen LogP contribution in [-0.2, 0) is 28.9 Å². The Kier molecular flexibility index (Phi) is 6.31. The van der Waals surface area contributed by atoms with Crippen LogP contribution in [0.25, 0.3) is 5.78 Å². The van der Waals surface area contributed by atoms with Crippen molar-refractivity contribution in [3.63, 3.8) is 0 Å². The van der Waals surface area contributed by atoms with Crippen molar-refractivity contribution in [3.8, 4) is 0 Å². The van der Waals surface area contributed by atoms with Gasteiger partial charge in [0, 0.05) is 38.0 Å². The minimum atomic E-state index is -0.985. The number of rotatable bonds is 6. The van der Waals surface area contributed by atoms with E-state index >= 15 is 0 Å². The van der Waals surface area contributed by atoms with E-state index in [0.29, 0.717) is 11.3 Å². The molecule has 1 aliphatic carbocycles. The van der Waals surface area contributed by atoms with E-state index < -0.39 is 17.7 Å². The van der Waals surface area contributed by atoms with Crippen LogP contribution in [-0.4, -0.2) is 56.6 Å². The third-order valence-corrected chi connectivity index (χ3v) is 6.68. The molecule has 3 heterocycles. The molecule has 3 aromatic rings. The smallest absolute Gasteiger partial charge is 0.254 e. The lowest BCUT2D eigenvalue weighted by Gasteiger charge is -2.35. The van der Waals surface area contributed by atoms with E-state index in [1.54, 1.807) is 4.52 Å². The van der Waals surface area contributed by atoms with Crippen LogP contribution >= 0.6 is 0 Å². The zero-order chi connectivity index (χ0) is 24.5. The van der Waals surface area contributed by atoms with Gasteiger partial charge in [0.15, 0.2) is 11.6 Å². The third kappa shape index (κ3) is 4.80. The maximum atomic E-state index is 13.6. The Bertz CT molecular complexity index is 1270. The summed E-state index contributed by atoms with van der Waals surface area (Å²) < 4.78 is 28.7. The number of amides is 2. The van der Waals surface area contributed by atoms with Crippen molar-refractivity contribution in [2.24, 2.45) is 0 Å². The molecule has 0 bridgehead atoms. The van der Waals surface area contributed by atoms with Gasteiger partial charge in [-0.2, -0.15) is 14.6 Å². The van der Waals surface area contributed by atoms with Crippen molar-refractivity contribution < 1.29 is 18.4 Å². The van der Waals surface area contributed by atoms with Gasteiger partial charge in [-0.1, -0.05) is 6.07 Å². The van der Waals surface area contributed by atoms with E-state index in [0.717, 1.165) is 68.8 Å². The SMILES string of the molecule is CC(=O)N[C@H](Cc1ccc(F)c(F)c1)C(=O)NC1CCN(c2c3c(nc4ncnn24)CCC3)CC1. The van der Waals surface area contributed by atoms with E-state index in [-0.39, 0.29) is 24.3 Å². The van der Waals surface area contributed by atoms with Crippen LogP contribution in [0.15, 0.2) is 24.5 Å². The first kappa shape index (κ1) is 23.1. The molecule has 0 saturated carbocycles. The summed E-state index contributed by atoms with van der Waals surface area (Å²) in [6.07, 6.45) is 6.00. The van der Waals surface area contributed by atoms with E-state index in [9.17, 15) is 18.4 Å². The first-order valence-electron chi connectivity index (χ1n) is 11.9. The van der Waals surface area contributed by atoms with Crippen LogP contribution in [0.1, 0.15) is 43.0 Å². The predicted molar refractivity (Wildman–Crippen MR) is 124 cm³/mol. The molecule has 1 aliphatic heterocycles. The van der Waals surface area contributed by atoms with Crippen molar-refractivity contribution in [2.45, 2.75) is 57.5 Å². The molecule has 2 N–H and O–H groups in total. The van der Waals surface area contributed by atoms with Crippen molar-refractivity contribution in [3.05, 3.63) is 53.0 Å². The van der Waals surface area contributed by atoms with E-state index in [4.69, 9.17) is 0 Å². The lowest BCUT2D eigenvalue weighted by Crippen LogP contribution is -2.52. The molecule has 1 fully saturated rings. The summed E-state index contributed by atoms with van der Waals surface area (Å²) >= 11 is 0. The molecule has 35 heavy (non-hydrogen) atoms. The Hall–Kier alpha value is -3.63. The Labute approximate surface area is 200 Å². The molecule has 1 atom stereocenters. The van der Waals surface area contributed by atoms with Crippen molar-refractivity contribution in [1.82, 2.24) is 30.2 Å². The highest BCUT2D eigenvalue weighted by atomic mass is 19.2. The molecular weight excluding hydrogens is 456 g/mol. The highest BCUT2D eigenvalue weighted by Crippen LogP contribution is 2.32. The minimum Gasteiger partial charge on any atom is -0.356 e. The van der Waals surface area contributed by atoms with E-state index in [1.807, 2.05) is 0 Å². The maximum absolute atomic E-state index is 13.6. The number of hydrogen-bond donors (Lipinski definition) is 2. The van der Waals surface area contributed by atoms with E-state index in [2.05, 4.69) is 30.6 Å². The number of aromatic nitrogens is 4. The van der Waals surface area contributed by atoms with Gasteiger partial charge in [-0.15, -0.1) is 0 Å². The average molecular weight is 484 g/mol. The normalized spacial score (nSPS) is 16.8. The molecule has 184 valence electrons. The molecule has 5 rings (SSSR count). The molecule has 2 aromatic heterocycles. The van der Waals surface area contributed by atoms with Crippen LogP contribution < -0.4 is 15.5 Å². The molecule has 2 aliphatic rings. The summed E-state index contributed by atoms with van der Waals surface area (Å²) in [5.74, 6) is -1.01. The number of fused-ring (bicyclic) bond motifs is 2. The second kappa shape index (κ2) is 9.55. The fourth-order valence-corrected chi connectivity index (χ4v) is 5.02. The van der Waals surface area contributed by atoms with Crippen LogP contribution in [0.5, 0.6) is 0 Å². The van der Waals surface area contributed by atoms with Gasteiger partial charge in [-0.25, -0.2) is 13.8 Å². The number of halogens is 2. The fourth-order valence-electron chi connectivity index (χ4n) is 5.02. The first-order chi connectivity index (χ1) is 16.9. The second-order valence-electron chi connectivity index (χ2n) is 9.16. The van der Waals surface area contributed by atoms with Gasteiger partial charge in [0.1, 0.15) is 18.2 Å². The number of benzene rings is 1. The van der Waals surface area contributed by atoms with Gasteiger partial charge < -0.3 is 15.5 Å². The summed E-state index contributed by atoms with van der Waals surface area (Å²) in [4.78, 5) is 35.9. The van der Waals surface area contributed by atoms with Gasteiger partial charge in [-0.3, -0.25) is 9.59 Å². The van der Waals surface area contributed by atoms with E-state index in [1.165, 1.54) is 24.9 Å². The highest BCUT2D eigenvalue weighted by Gasteiger charge is 2.30. The quantitative estimate of drug-likeness (QED) is 0.553. The molecule has 1 aromatic carbocycles. The van der Waals surface area contributed by atoms with Crippen molar-refractivity contribution in [2.75, 3.05) is 18.0 Å². The molecule has 9 nitrogen and oxygen atoms in total. The molecule has 0 radical (unpaired) electrons. The first-order valence-corrected chi connectivity index (χ1v) is 11.9. The Balaban J connectivity index is 1.25. The molecule has 0 spiro atoms. The van der Waals surface area contributed by atoms with Gasteiger partial charge in [0.25, 0.3) is 5.78 Å².